The summed E-state index contributed by atoms with van der Waals surface area (Å²) >= 11 is 0. The molecule has 5 nitrogen and oxygen atoms in total. The summed E-state index contributed by atoms with van der Waals surface area (Å²) in [5, 5.41) is 3.17. The van der Waals surface area contributed by atoms with E-state index >= 15 is 0 Å². The standard InChI is InChI=1S/C22H28N4O/c1-3-26(4-2)21(27)18-10-8-16(9-11-18)15-24-22(23)25-20-13-12-17-6-5-7-19(17)14-20/h8-14H,3-7,15H2,1-2H3,(H3,23,24,25). The molecule has 1 aliphatic rings. The van der Waals surface area contributed by atoms with Crippen LogP contribution in [0.2, 0.25) is 0 Å². The predicted molar refractivity (Wildman–Crippen MR) is 111 cm³/mol. The summed E-state index contributed by atoms with van der Waals surface area (Å²) in [7, 11) is 0. The first-order valence-electron chi connectivity index (χ1n) is 9.67. The van der Waals surface area contributed by atoms with Gasteiger partial charge in [0.05, 0.1) is 6.54 Å². The number of anilines is 1. The second kappa shape index (κ2) is 8.71. The molecule has 1 aliphatic carbocycles. The van der Waals surface area contributed by atoms with E-state index in [1.165, 1.54) is 24.0 Å². The number of guanidine groups is 1. The fourth-order valence-electron chi connectivity index (χ4n) is 3.46. The van der Waals surface area contributed by atoms with Crippen molar-refractivity contribution in [3.05, 3.63) is 64.7 Å². The number of carbonyl (C=O) groups excluding carboxylic acids is 1. The predicted octanol–water partition coefficient (Wildman–Crippen LogP) is 3.58. The van der Waals surface area contributed by atoms with E-state index in [-0.39, 0.29) is 5.91 Å². The van der Waals surface area contributed by atoms with Crippen molar-refractivity contribution in [2.24, 2.45) is 10.7 Å². The Morgan fingerprint density at radius 3 is 2.48 bits per heavy atom. The molecule has 3 rings (SSSR count). The Labute approximate surface area is 161 Å². The van der Waals surface area contributed by atoms with Crippen LogP contribution in [0.3, 0.4) is 0 Å². The highest BCUT2D eigenvalue weighted by atomic mass is 16.2. The lowest BCUT2D eigenvalue weighted by atomic mass is 10.1. The molecule has 2 aromatic carbocycles. The van der Waals surface area contributed by atoms with Gasteiger partial charge in [-0.3, -0.25) is 4.79 Å². The maximum absolute atomic E-state index is 12.3. The third kappa shape index (κ3) is 4.67. The van der Waals surface area contributed by atoms with Crippen molar-refractivity contribution >= 4 is 17.6 Å². The van der Waals surface area contributed by atoms with Crippen molar-refractivity contribution in [3.8, 4) is 0 Å². The molecule has 0 aliphatic heterocycles. The third-order valence-corrected chi connectivity index (χ3v) is 5.05. The van der Waals surface area contributed by atoms with E-state index in [1.54, 1.807) is 0 Å². The summed E-state index contributed by atoms with van der Waals surface area (Å²) in [4.78, 5) is 18.6. The summed E-state index contributed by atoms with van der Waals surface area (Å²) < 4.78 is 0. The van der Waals surface area contributed by atoms with E-state index in [0.717, 1.165) is 17.7 Å². The Morgan fingerprint density at radius 1 is 1.07 bits per heavy atom. The highest BCUT2D eigenvalue weighted by molar-refractivity contribution is 5.94. The molecule has 0 bridgehead atoms. The van der Waals surface area contributed by atoms with Gasteiger partial charge in [0.1, 0.15) is 0 Å². The number of aliphatic imine (C=N–C) groups is 1. The van der Waals surface area contributed by atoms with Crippen LogP contribution in [0.15, 0.2) is 47.5 Å². The average molecular weight is 364 g/mol. The van der Waals surface area contributed by atoms with Gasteiger partial charge in [-0.15, -0.1) is 0 Å². The molecule has 1 amide bonds. The summed E-state index contributed by atoms with van der Waals surface area (Å²) in [6, 6.07) is 14.0. The van der Waals surface area contributed by atoms with Crippen LogP contribution in [-0.2, 0) is 19.4 Å². The first-order chi connectivity index (χ1) is 13.1. The number of aryl methyl sites for hydroxylation is 2. The summed E-state index contributed by atoms with van der Waals surface area (Å²) in [6.45, 7) is 5.88. The Hall–Kier alpha value is -2.82. The topological polar surface area (TPSA) is 70.7 Å². The first-order valence-corrected chi connectivity index (χ1v) is 9.67. The van der Waals surface area contributed by atoms with Crippen molar-refractivity contribution in [1.82, 2.24) is 4.90 Å². The maximum atomic E-state index is 12.3. The second-order valence-corrected chi connectivity index (χ2v) is 6.84. The van der Waals surface area contributed by atoms with E-state index < -0.39 is 0 Å². The lowest BCUT2D eigenvalue weighted by Gasteiger charge is -2.18. The molecule has 0 saturated heterocycles. The van der Waals surface area contributed by atoms with Crippen molar-refractivity contribution in [1.29, 1.82) is 0 Å². The fourth-order valence-corrected chi connectivity index (χ4v) is 3.46. The zero-order valence-corrected chi connectivity index (χ0v) is 16.2. The molecule has 142 valence electrons. The summed E-state index contributed by atoms with van der Waals surface area (Å²) in [6.07, 6.45) is 3.54. The molecule has 2 aromatic rings. The van der Waals surface area contributed by atoms with Gasteiger partial charge in [-0.2, -0.15) is 0 Å². The van der Waals surface area contributed by atoms with E-state index in [9.17, 15) is 4.79 Å². The highest BCUT2D eigenvalue weighted by Crippen LogP contribution is 2.24. The Kier molecular flexibility index (Phi) is 6.12. The van der Waals surface area contributed by atoms with Crippen LogP contribution in [0.5, 0.6) is 0 Å². The molecule has 27 heavy (non-hydrogen) atoms. The minimum absolute atomic E-state index is 0.0628. The van der Waals surface area contributed by atoms with Gasteiger partial charge < -0.3 is 16.0 Å². The highest BCUT2D eigenvalue weighted by Gasteiger charge is 2.12. The smallest absolute Gasteiger partial charge is 0.253 e. The molecule has 3 N–H and O–H groups in total. The van der Waals surface area contributed by atoms with Crippen molar-refractivity contribution in [3.63, 3.8) is 0 Å². The van der Waals surface area contributed by atoms with E-state index in [2.05, 4.69) is 28.5 Å². The molecule has 0 radical (unpaired) electrons. The number of nitrogens with one attached hydrogen (secondary N) is 1. The Bertz CT molecular complexity index is 823. The lowest BCUT2D eigenvalue weighted by molar-refractivity contribution is 0.0773. The summed E-state index contributed by atoms with van der Waals surface area (Å²) in [5.41, 5.74) is 11.6. The second-order valence-electron chi connectivity index (χ2n) is 6.84. The molecule has 0 atom stereocenters. The van der Waals surface area contributed by atoms with Crippen LogP contribution in [0.1, 0.15) is 47.3 Å². The number of fused-ring (bicyclic) bond motifs is 1. The SMILES string of the molecule is CCN(CC)C(=O)c1ccc(CN=C(N)Nc2ccc3c(c2)CCC3)cc1. The van der Waals surface area contributed by atoms with E-state index in [4.69, 9.17) is 5.73 Å². The Balaban J connectivity index is 1.59. The van der Waals surface area contributed by atoms with Crippen molar-refractivity contribution in [2.75, 3.05) is 18.4 Å². The molecule has 0 heterocycles. The van der Waals surface area contributed by atoms with Crippen LogP contribution in [-0.4, -0.2) is 29.9 Å². The lowest BCUT2D eigenvalue weighted by Crippen LogP contribution is -2.30. The monoisotopic (exact) mass is 364 g/mol. The van der Waals surface area contributed by atoms with E-state index in [1.807, 2.05) is 43.0 Å². The van der Waals surface area contributed by atoms with E-state index in [0.29, 0.717) is 31.2 Å². The molecular weight excluding hydrogens is 336 g/mol. The summed E-state index contributed by atoms with van der Waals surface area (Å²) in [5.74, 6) is 0.462. The molecule has 5 heteroatoms. The van der Waals surface area contributed by atoms with Crippen LogP contribution in [0.25, 0.3) is 0 Å². The number of rotatable bonds is 6. The van der Waals surface area contributed by atoms with Crippen molar-refractivity contribution < 1.29 is 4.79 Å². The number of nitrogens with two attached hydrogens (primary N) is 1. The number of nitrogens with zero attached hydrogens (tertiary/aromatic N) is 2. The first kappa shape index (κ1) is 19.0. The average Bonchev–Trinajstić information content (AvgIpc) is 3.15. The van der Waals surface area contributed by atoms with Gasteiger partial charge in [0.25, 0.3) is 5.91 Å². The van der Waals surface area contributed by atoms with Gasteiger partial charge in [-0.1, -0.05) is 18.2 Å². The fraction of sp³-hybridized carbons (Fsp3) is 0.364. The van der Waals surface area contributed by atoms with Gasteiger partial charge in [0, 0.05) is 24.3 Å². The number of hydrogen-bond donors (Lipinski definition) is 2. The third-order valence-electron chi connectivity index (χ3n) is 5.05. The Morgan fingerprint density at radius 2 is 1.78 bits per heavy atom. The maximum Gasteiger partial charge on any atom is 0.253 e. The van der Waals surface area contributed by atoms with Crippen LogP contribution < -0.4 is 11.1 Å². The molecule has 0 unspecified atom stereocenters. The quantitative estimate of drug-likeness (QED) is 0.608. The van der Waals surface area contributed by atoms with Gasteiger partial charge in [-0.05, 0) is 74.1 Å². The van der Waals surface area contributed by atoms with Crippen LogP contribution in [0.4, 0.5) is 5.69 Å². The zero-order valence-electron chi connectivity index (χ0n) is 16.2. The molecule has 0 fully saturated rings. The van der Waals surface area contributed by atoms with Gasteiger partial charge in [0.15, 0.2) is 5.96 Å². The molecular formula is C22H28N4O. The molecule has 0 aromatic heterocycles. The van der Waals surface area contributed by atoms with Crippen LogP contribution >= 0.6 is 0 Å². The van der Waals surface area contributed by atoms with Gasteiger partial charge >= 0.3 is 0 Å². The van der Waals surface area contributed by atoms with Crippen LogP contribution in [0, 0.1) is 0 Å². The van der Waals surface area contributed by atoms with Gasteiger partial charge in [-0.25, -0.2) is 4.99 Å². The zero-order chi connectivity index (χ0) is 19.2. The minimum atomic E-state index is 0.0628. The largest absolute Gasteiger partial charge is 0.370 e. The van der Waals surface area contributed by atoms with Crippen molar-refractivity contribution in [2.45, 2.75) is 39.7 Å². The number of benzene rings is 2. The molecule has 0 spiro atoms. The number of amides is 1. The number of carbonyl (C=O) groups is 1. The number of hydrogen-bond acceptors (Lipinski definition) is 2. The molecule has 0 saturated carbocycles. The van der Waals surface area contributed by atoms with Gasteiger partial charge in [0.2, 0.25) is 0 Å². The normalized spacial score (nSPS) is 13.3. The minimum Gasteiger partial charge on any atom is -0.370 e.